The van der Waals surface area contributed by atoms with Gasteiger partial charge in [0.2, 0.25) is 5.91 Å². The summed E-state index contributed by atoms with van der Waals surface area (Å²) >= 11 is 0. The van der Waals surface area contributed by atoms with E-state index in [0.717, 1.165) is 4.68 Å². The number of nitrogens with zero attached hydrogens (tertiary/aromatic N) is 3. The van der Waals surface area contributed by atoms with Gasteiger partial charge in [0, 0.05) is 12.7 Å². The average Bonchev–Trinajstić information content (AvgIpc) is 2.75. The fourth-order valence-corrected chi connectivity index (χ4v) is 1.88. The highest BCUT2D eigenvalue weighted by atomic mass is 16.4. The predicted octanol–water partition coefficient (Wildman–Crippen LogP) is 0.113. The lowest BCUT2D eigenvalue weighted by Gasteiger charge is -2.18. The molecule has 0 aliphatic rings. The molecule has 2 aromatic rings. The molecule has 2 heterocycles. The lowest BCUT2D eigenvalue weighted by atomic mass is 9.90. The van der Waals surface area contributed by atoms with Crippen molar-refractivity contribution in [2.75, 3.05) is 6.54 Å². The Morgan fingerprint density at radius 3 is 2.73 bits per heavy atom. The molecule has 0 aliphatic carbocycles. The lowest BCUT2D eigenvalue weighted by molar-refractivity contribution is -0.147. The van der Waals surface area contributed by atoms with Gasteiger partial charge in [-0.3, -0.25) is 14.0 Å². The fraction of sp³-hybridized carbons (Fsp3) is 0.429. The Balaban J connectivity index is 1.96. The Labute approximate surface area is 126 Å². The van der Waals surface area contributed by atoms with Crippen LogP contribution in [0.4, 0.5) is 0 Å². The number of carboxylic acids is 1. The second-order valence-corrected chi connectivity index (χ2v) is 5.66. The summed E-state index contributed by atoms with van der Waals surface area (Å²) < 4.78 is 2.42. The topological polar surface area (TPSA) is 106 Å². The number of carbonyl (C=O) groups excluding carboxylic acids is 1. The van der Waals surface area contributed by atoms with Crippen molar-refractivity contribution in [3.63, 3.8) is 0 Å². The zero-order chi connectivity index (χ0) is 16.3. The Hall–Kier alpha value is -2.64. The van der Waals surface area contributed by atoms with Gasteiger partial charge in [-0.05, 0) is 32.4 Å². The van der Waals surface area contributed by atoms with Gasteiger partial charge in [-0.15, -0.1) is 5.10 Å². The third kappa shape index (κ3) is 3.33. The molecule has 118 valence electrons. The number of amides is 1. The largest absolute Gasteiger partial charge is 0.481 e. The van der Waals surface area contributed by atoms with Crippen molar-refractivity contribution in [2.24, 2.45) is 5.41 Å². The molecule has 8 nitrogen and oxygen atoms in total. The average molecular weight is 306 g/mol. The van der Waals surface area contributed by atoms with Crippen molar-refractivity contribution in [3.05, 3.63) is 34.9 Å². The van der Waals surface area contributed by atoms with Gasteiger partial charge in [0.25, 0.3) is 0 Å². The van der Waals surface area contributed by atoms with E-state index in [2.05, 4.69) is 10.4 Å². The van der Waals surface area contributed by atoms with Crippen LogP contribution in [0.5, 0.6) is 0 Å². The minimum atomic E-state index is -0.918. The fourth-order valence-electron chi connectivity index (χ4n) is 1.88. The number of hydrogen-bond acceptors (Lipinski definition) is 4. The first kappa shape index (κ1) is 15.7. The zero-order valence-corrected chi connectivity index (χ0v) is 12.4. The molecule has 0 spiro atoms. The maximum absolute atomic E-state index is 12.0. The highest BCUT2D eigenvalue weighted by Gasteiger charge is 2.26. The summed E-state index contributed by atoms with van der Waals surface area (Å²) in [6.07, 6.45) is 1.88. The van der Waals surface area contributed by atoms with E-state index in [-0.39, 0.29) is 19.0 Å². The van der Waals surface area contributed by atoms with Crippen LogP contribution in [-0.2, 0) is 16.1 Å². The Morgan fingerprint density at radius 1 is 1.36 bits per heavy atom. The maximum atomic E-state index is 12.0. The molecule has 0 radical (unpaired) electrons. The molecule has 0 saturated carbocycles. The van der Waals surface area contributed by atoms with Crippen LogP contribution < -0.4 is 11.0 Å². The smallest absolute Gasteiger partial charge is 0.350 e. The van der Waals surface area contributed by atoms with Crippen molar-refractivity contribution < 1.29 is 14.7 Å². The highest BCUT2D eigenvalue weighted by Crippen LogP contribution is 2.19. The van der Waals surface area contributed by atoms with Crippen LogP contribution in [0.1, 0.15) is 20.3 Å². The number of nitrogens with one attached hydrogen (secondary N) is 1. The molecule has 0 fully saturated rings. The minimum Gasteiger partial charge on any atom is -0.481 e. The lowest BCUT2D eigenvalue weighted by Crippen LogP contribution is -2.35. The van der Waals surface area contributed by atoms with Crippen molar-refractivity contribution in [1.29, 1.82) is 0 Å². The molecule has 1 amide bonds. The molecule has 2 aromatic heterocycles. The zero-order valence-electron chi connectivity index (χ0n) is 12.4. The van der Waals surface area contributed by atoms with E-state index in [1.54, 1.807) is 38.2 Å². The first-order valence-corrected chi connectivity index (χ1v) is 6.85. The summed E-state index contributed by atoms with van der Waals surface area (Å²) in [5.74, 6) is -1.30. The first-order valence-electron chi connectivity index (χ1n) is 6.85. The Morgan fingerprint density at radius 2 is 2.09 bits per heavy atom. The van der Waals surface area contributed by atoms with Crippen LogP contribution >= 0.6 is 0 Å². The quantitative estimate of drug-likeness (QED) is 0.788. The van der Waals surface area contributed by atoms with Crippen LogP contribution in [0.25, 0.3) is 5.65 Å². The molecule has 2 rings (SSSR count). The van der Waals surface area contributed by atoms with E-state index >= 15 is 0 Å². The molecule has 0 bridgehead atoms. The number of carbonyl (C=O) groups is 2. The second kappa shape index (κ2) is 6.00. The standard InChI is InChI=1S/C14H18N4O4/c1-14(2,12(20)21)6-7-15-11(19)9-18-13(22)17-8-4-3-5-10(17)16-18/h3-5,8H,6-7,9H2,1-2H3,(H,15,19)(H,20,21). The summed E-state index contributed by atoms with van der Waals surface area (Å²) in [4.78, 5) is 34.8. The molecule has 8 heteroatoms. The van der Waals surface area contributed by atoms with Gasteiger partial charge in [-0.1, -0.05) is 6.07 Å². The van der Waals surface area contributed by atoms with E-state index in [1.807, 2.05) is 0 Å². The number of fused-ring (bicyclic) bond motifs is 1. The summed E-state index contributed by atoms with van der Waals surface area (Å²) in [6.45, 7) is 3.20. The van der Waals surface area contributed by atoms with Gasteiger partial charge in [-0.2, -0.15) is 0 Å². The van der Waals surface area contributed by atoms with Crippen molar-refractivity contribution in [1.82, 2.24) is 19.5 Å². The van der Waals surface area contributed by atoms with Crippen LogP contribution in [-0.4, -0.2) is 37.7 Å². The van der Waals surface area contributed by atoms with Gasteiger partial charge in [-0.25, -0.2) is 9.48 Å². The SMILES string of the molecule is CC(C)(CCNC(=O)Cn1nc2ccccn2c1=O)C(=O)O. The van der Waals surface area contributed by atoms with Gasteiger partial charge in [0.1, 0.15) is 6.54 Å². The number of pyridine rings is 1. The molecular formula is C14H18N4O4. The van der Waals surface area contributed by atoms with E-state index < -0.39 is 17.1 Å². The number of carboxylic acid groups (broad SMARTS) is 1. The van der Waals surface area contributed by atoms with Gasteiger partial charge in [0.05, 0.1) is 5.41 Å². The second-order valence-electron chi connectivity index (χ2n) is 5.66. The van der Waals surface area contributed by atoms with Crippen LogP contribution in [0, 0.1) is 5.41 Å². The van der Waals surface area contributed by atoms with Crippen LogP contribution in [0.15, 0.2) is 29.2 Å². The molecule has 0 saturated heterocycles. The number of rotatable bonds is 6. The van der Waals surface area contributed by atoms with E-state index in [0.29, 0.717) is 12.1 Å². The summed E-state index contributed by atoms with van der Waals surface area (Å²) in [7, 11) is 0. The molecular weight excluding hydrogens is 288 g/mol. The molecule has 2 N–H and O–H groups in total. The van der Waals surface area contributed by atoms with E-state index in [9.17, 15) is 14.4 Å². The molecule has 0 aliphatic heterocycles. The first-order chi connectivity index (χ1) is 10.3. The van der Waals surface area contributed by atoms with Crippen molar-refractivity contribution in [2.45, 2.75) is 26.8 Å². The summed E-state index contributed by atoms with van der Waals surface area (Å²) in [5, 5.41) is 15.6. The normalized spacial score (nSPS) is 11.5. The van der Waals surface area contributed by atoms with Crippen molar-refractivity contribution in [3.8, 4) is 0 Å². The van der Waals surface area contributed by atoms with E-state index in [4.69, 9.17) is 5.11 Å². The predicted molar refractivity (Wildman–Crippen MR) is 78.5 cm³/mol. The number of aliphatic carboxylic acids is 1. The monoisotopic (exact) mass is 306 g/mol. The molecule has 22 heavy (non-hydrogen) atoms. The van der Waals surface area contributed by atoms with Gasteiger partial charge >= 0.3 is 11.7 Å². The number of aromatic nitrogens is 3. The summed E-state index contributed by atoms with van der Waals surface area (Å²) in [6, 6.07) is 5.12. The van der Waals surface area contributed by atoms with Crippen LogP contribution in [0.3, 0.4) is 0 Å². The maximum Gasteiger partial charge on any atom is 0.350 e. The molecule has 0 atom stereocenters. The Bertz CT molecular complexity index is 760. The molecule has 0 aromatic carbocycles. The third-order valence-corrected chi connectivity index (χ3v) is 3.43. The van der Waals surface area contributed by atoms with E-state index in [1.165, 1.54) is 4.40 Å². The minimum absolute atomic E-state index is 0.200. The van der Waals surface area contributed by atoms with Crippen LogP contribution in [0.2, 0.25) is 0 Å². The Kier molecular flexibility index (Phi) is 4.30. The van der Waals surface area contributed by atoms with Gasteiger partial charge < -0.3 is 10.4 Å². The summed E-state index contributed by atoms with van der Waals surface area (Å²) in [5.41, 5.74) is -0.836. The van der Waals surface area contributed by atoms with Crippen molar-refractivity contribution >= 4 is 17.5 Å². The van der Waals surface area contributed by atoms with Gasteiger partial charge in [0.15, 0.2) is 5.65 Å². The number of hydrogen-bond donors (Lipinski definition) is 2. The third-order valence-electron chi connectivity index (χ3n) is 3.43. The highest BCUT2D eigenvalue weighted by molar-refractivity contribution is 5.76. The molecule has 0 unspecified atom stereocenters.